The topological polar surface area (TPSA) is 64.7 Å². The number of aryl methyl sites for hydroxylation is 1. The summed E-state index contributed by atoms with van der Waals surface area (Å²) < 4.78 is 5.66. The van der Waals surface area contributed by atoms with Crippen LogP contribution in [-0.4, -0.2) is 17.2 Å². The lowest BCUT2D eigenvalue weighted by atomic mass is 10.1. The smallest absolute Gasteiger partial charge is 0.269 e. The van der Waals surface area contributed by atoms with E-state index in [0.29, 0.717) is 6.61 Å². The molecule has 2 aromatic rings. The molecule has 0 amide bonds. The zero-order valence-electron chi connectivity index (χ0n) is 10.9. The SMILES string of the molecule is Cc1ccc2c(c1)N=C(c1ccc([N+](=O)[O-])cc1)CO2. The van der Waals surface area contributed by atoms with E-state index in [4.69, 9.17) is 4.74 Å². The van der Waals surface area contributed by atoms with Crippen molar-refractivity contribution >= 4 is 17.1 Å². The molecule has 0 bridgehead atoms. The molecule has 0 aliphatic carbocycles. The van der Waals surface area contributed by atoms with Crippen molar-refractivity contribution in [1.29, 1.82) is 0 Å². The maximum Gasteiger partial charge on any atom is 0.269 e. The van der Waals surface area contributed by atoms with Crippen LogP contribution in [0.25, 0.3) is 0 Å². The van der Waals surface area contributed by atoms with E-state index in [1.807, 2.05) is 25.1 Å². The summed E-state index contributed by atoms with van der Waals surface area (Å²) in [5, 5.41) is 10.6. The van der Waals surface area contributed by atoms with Gasteiger partial charge in [0.15, 0.2) is 0 Å². The predicted octanol–water partition coefficient (Wildman–Crippen LogP) is 3.42. The lowest BCUT2D eigenvalue weighted by Crippen LogP contribution is -2.16. The summed E-state index contributed by atoms with van der Waals surface area (Å²) in [6.45, 7) is 2.36. The van der Waals surface area contributed by atoms with Crippen molar-refractivity contribution in [3.05, 3.63) is 63.7 Å². The highest BCUT2D eigenvalue weighted by Gasteiger charge is 2.15. The first-order valence-corrected chi connectivity index (χ1v) is 6.19. The lowest BCUT2D eigenvalue weighted by molar-refractivity contribution is -0.384. The molecule has 1 heterocycles. The van der Waals surface area contributed by atoms with Gasteiger partial charge in [-0.15, -0.1) is 0 Å². The quantitative estimate of drug-likeness (QED) is 0.619. The maximum atomic E-state index is 10.6. The Bertz CT molecular complexity index is 706. The van der Waals surface area contributed by atoms with Gasteiger partial charge in [-0.3, -0.25) is 10.1 Å². The van der Waals surface area contributed by atoms with E-state index in [2.05, 4.69) is 4.99 Å². The van der Waals surface area contributed by atoms with Crippen molar-refractivity contribution in [1.82, 2.24) is 0 Å². The minimum Gasteiger partial charge on any atom is -0.485 e. The second-order valence-electron chi connectivity index (χ2n) is 4.62. The van der Waals surface area contributed by atoms with Crippen molar-refractivity contribution in [3.8, 4) is 5.75 Å². The number of fused-ring (bicyclic) bond motifs is 1. The fraction of sp³-hybridized carbons (Fsp3) is 0.133. The Kier molecular flexibility index (Phi) is 2.95. The van der Waals surface area contributed by atoms with Crippen molar-refractivity contribution in [2.45, 2.75) is 6.92 Å². The standard InChI is InChI=1S/C15H12N2O3/c1-10-2-7-15-13(8-10)16-14(9-20-15)11-3-5-12(6-4-11)17(18)19/h2-8H,9H2,1H3. The van der Waals surface area contributed by atoms with Gasteiger partial charge in [0, 0.05) is 12.1 Å². The largest absolute Gasteiger partial charge is 0.485 e. The number of nitrogens with zero attached hydrogens (tertiary/aromatic N) is 2. The van der Waals surface area contributed by atoms with Gasteiger partial charge >= 0.3 is 0 Å². The van der Waals surface area contributed by atoms with Crippen LogP contribution in [-0.2, 0) is 0 Å². The monoisotopic (exact) mass is 268 g/mol. The molecule has 0 radical (unpaired) electrons. The molecule has 5 nitrogen and oxygen atoms in total. The number of nitro benzene ring substituents is 1. The Hall–Kier alpha value is -2.69. The van der Waals surface area contributed by atoms with Crippen LogP contribution in [0.5, 0.6) is 5.75 Å². The first kappa shape index (κ1) is 12.3. The summed E-state index contributed by atoms with van der Waals surface area (Å²) in [4.78, 5) is 14.8. The Balaban J connectivity index is 1.97. The number of ether oxygens (including phenoxy) is 1. The molecule has 20 heavy (non-hydrogen) atoms. The van der Waals surface area contributed by atoms with Gasteiger partial charge in [-0.25, -0.2) is 4.99 Å². The molecule has 3 rings (SSSR count). The van der Waals surface area contributed by atoms with Gasteiger partial charge in [0.1, 0.15) is 18.0 Å². The highest BCUT2D eigenvalue weighted by Crippen LogP contribution is 2.32. The molecular weight excluding hydrogens is 256 g/mol. The molecule has 1 aliphatic rings. The second-order valence-corrected chi connectivity index (χ2v) is 4.62. The van der Waals surface area contributed by atoms with Gasteiger partial charge in [0.25, 0.3) is 5.69 Å². The minimum absolute atomic E-state index is 0.0716. The van der Waals surface area contributed by atoms with E-state index in [0.717, 1.165) is 28.3 Å². The first-order valence-electron chi connectivity index (χ1n) is 6.19. The average Bonchev–Trinajstić information content (AvgIpc) is 2.46. The fourth-order valence-electron chi connectivity index (χ4n) is 2.08. The molecule has 0 saturated heterocycles. The van der Waals surface area contributed by atoms with Crippen LogP contribution >= 0.6 is 0 Å². The van der Waals surface area contributed by atoms with Gasteiger partial charge in [-0.05, 0) is 42.3 Å². The molecular formula is C15H12N2O3. The number of nitro groups is 1. The summed E-state index contributed by atoms with van der Waals surface area (Å²) >= 11 is 0. The zero-order chi connectivity index (χ0) is 14.1. The molecule has 1 aliphatic heterocycles. The van der Waals surface area contributed by atoms with Crippen LogP contribution in [0.4, 0.5) is 11.4 Å². The summed E-state index contributed by atoms with van der Waals surface area (Å²) in [5.74, 6) is 0.765. The van der Waals surface area contributed by atoms with Crippen LogP contribution in [0.15, 0.2) is 47.5 Å². The van der Waals surface area contributed by atoms with Crippen molar-refractivity contribution in [3.63, 3.8) is 0 Å². The Labute approximate surface area is 115 Å². The molecule has 0 saturated carbocycles. The predicted molar refractivity (Wildman–Crippen MR) is 76.0 cm³/mol. The van der Waals surface area contributed by atoms with Gasteiger partial charge in [-0.1, -0.05) is 6.07 Å². The van der Waals surface area contributed by atoms with E-state index < -0.39 is 4.92 Å². The lowest BCUT2D eigenvalue weighted by Gasteiger charge is -2.17. The number of non-ortho nitro benzene ring substituents is 1. The maximum absolute atomic E-state index is 10.6. The van der Waals surface area contributed by atoms with E-state index in [1.165, 1.54) is 12.1 Å². The Morgan fingerprint density at radius 3 is 2.65 bits per heavy atom. The zero-order valence-corrected chi connectivity index (χ0v) is 10.9. The number of benzene rings is 2. The molecule has 0 spiro atoms. The second kappa shape index (κ2) is 4.77. The number of rotatable bonds is 2. The highest BCUT2D eigenvalue weighted by molar-refractivity contribution is 6.04. The summed E-state index contributed by atoms with van der Waals surface area (Å²) in [6.07, 6.45) is 0. The molecule has 5 heteroatoms. The van der Waals surface area contributed by atoms with E-state index in [1.54, 1.807) is 12.1 Å². The van der Waals surface area contributed by atoms with Gasteiger partial charge in [0.05, 0.1) is 10.6 Å². The Morgan fingerprint density at radius 1 is 1.20 bits per heavy atom. The highest BCUT2D eigenvalue weighted by atomic mass is 16.6. The third-order valence-corrected chi connectivity index (χ3v) is 3.15. The molecule has 0 atom stereocenters. The van der Waals surface area contributed by atoms with Crippen molar-refractivity contribution < 1.29 is 9.66 Å². The molecule has 0 unspecified atom stereocenters. The van der Waals surface area contributed by atoms with E-state index in [9.17, 15) is 10.1 Å². The van der Waals surface area contributed by atoms with Crippen molar-refractivity contribution in [2.24, 2.45) is 4.99 Å². The van der Waals surface area contributed by atoms with E-state index in [-0.39, 0.29) is 5.69 Å². The summed E-state index contributed by atoms with van der Waals surface area (Å²) in [5.41, 5.74) is 3.59. The third kappa shape index (κ3) is 2.25. The van der Waals surface area contributed by atoms with Crippen LogP contribution in [0.2, 0.25) is 0 Å². The third-order valence-electron chi connectivity index (χ3n) is 3.15. The van der Waals surface area contributed by atoms with Crippen molar-refractivity contribution in [2.75, 3.05) is 6.61 Å². The molecule has 2 aromatic carbocycles. The van der Waals surface area contributed by atoms with Gasteiger partial charge in [0.2, 0.25) is 0 Å². The molecule has 0 fully saturated rings. The normalized spacial score (nSPS) is 13.2. The van der Waals surface area contributed by atoms with Crippen LogP contribution < -0.4 is 4.74 Å². The van der Waals surface area contributed by atoms with Gasteiger partial charge in [-0.2, -0.15) is 0 Å². The summed E-state index contributed by atoms with van der Waals surface area (Å²) in [7, 11) is 0. The van der Waals surface area contributed by atoms with Crippen LogP contribution in [0.3, 0.4) is 0 Å². The first-order chi connectivity index (χ1) is 9.63. The van der Waals surface area contributed by atoms with E-state index >= 15 is 0 Å². The van der Waals surface area contributed by atoms with Crippen LogP contribution in [0, 0.1) is 17.0 Å². The number of hydrogen-bond donors (Lipinski definition) is 0. The number of hydrogen-bond acceptors (Lipinski definition) is 4. The fourth-order valence-corrected chi connectivity index (χ4v) is 2.08. The Morgan fingerprint density at radius 2 is 1.95 bits per heavy atom. The summed E-state index contributed by atoms with van der Waals surface area (Å²) in [6, 6.07) is 12.2. The molecule has 0 aromatic heterocycles. The minimum atomic E-state index is -0.415. The molecule has 100 valence electrons. The van der Waals surface area contributed by atoms with Gasteiger partial charge < -0.3 is 4.74 Å². The molecule has 0 N–H and O–H groups in total. The average molecular weight is 268 g/mol. The van der Waals surface area contributed by atoms with Crippen LogP contribution in [0.1, 0.15) is 11.1 Å². The number of aliphatic imine (C=N–C) groups is 1.